The minimum Gasteiger partial charge on any atom is -0.297 e. The quantitative estimate of drug-likeness (QED) is 0.703. The fraction of sp³-hybridized carbons (Fsp3) is 0. The first kappa shape index (κ1) is 14.6. The molecule has 0 unspecified atom stereocenters. The van der Waals surface area contributed by atoms with E-state index >= 15 is 0 Å². The molecule has 2 aromatic carbocycles. The van der Waals surface area contributed by atoms with Crippen LogP contribution >= 0.6 is 23.2 Å². The SMILES string of the molecule is O=C(NNc1ccc(Cl)cc1Cl)c1cnc2ccccc2c1. The molecule has 0 radical (unpaired) electrons. The van der Waals surface area contributed by atoms with Gasteiger partial charge in [0.25, 0.3) is 5.91 Å². The molecule has 1 amide bonds. The fourth-order valence-corrected chi connectivity index (χ4v) is 2.44. The second-order valence-electron chi connectivity index (χ2n) is 4.62. The van der Waals surface area contributed by atoms with Crippen molar-refractivity contribution < 1.29 is 4.79 Å². The Labute approximate surface area is 137 Å². The van der Waals surface area contributed by atoms with Crippen molar-refractivity contribution in [2.24, 2.45) is 0 Å². The zero-order valence-corrected chi connectivity index (χ0v) is 12.8. The van der Waals surface area contributed by atoms with Gasteiger partial charge in [-0.2, -0.15) is 0 Å². The molecule has 0 aliphatic heterocycles. The monoisotopic (exact) mass is 331 g/mol. The Bertz CT molecular complexity index is 852. The molecule has 0 aliphatic carbocycles. The van der Waals surface area contributed by atoms with Gasteiger partial charge in [0.2, 0.25) is 0 Å². The lowest BCUT2D eigenvalue weighted by Gasteiger charge is -2.10. The highest BCUT2D eigenvalue weighted by atomic mass is 35.5. The van der Waals surface area contributed by atoms with Crippen LogP contribution in [0.15, 0.2) is 54.7 Å². The maximum absolute atomic E-state index is 12.2. The third kappa shape index (κ3) is 3.13. The molecule has 4 nitrogen and oxygen atoms in total. The molecule has 110 valence electrons. The minimum atomic E-state index is -0.302. The Morgan fingerprint density at radius 1 is 1.05 bits per heavy atom. The first-order valence-electron chi connectivity index (χ1n) is 6.50. The number of pyridine rings is 1. The van der Waals surface area contributed by atoms with Crippen molar-refractivity contribution in [1.82, 2.24) is 10.4 Å². The lowest BCUT2D eigenvalue weighted by molar-refractivity contribution is 0.0962. The third-order valence-electron chi connectivity index (χ3n) is 3.09. The molecular formula is C16H11Cl2N3O. The van der Waals surface area contributed by atoms with Crippen molar-refractivity contribution in [3.05, 3.63) is 70.3 Å². The maximum atomic E-state index is 12.2. The molecule has 0 saturated carbocycles. The number of nitrogens with zero attached hydrogens (tertiary/aromatic N) is 1. The van der Waals surface area contributed by atoms with Gasteiger partial charge in [-0.3, -0.25) is 20.6 Å². The van der Waals surface area contributed by atoms with Crippen molar-refractivity contribution >= 4 is 45.7 Å². The number of hydrogen-bond acceptors (Lipinski definition) is 3. The van der Waals surface area contributed by atoms with Gasteiger partial charge in [0.15, 0.2) is 0 Å². The highest BCUT2D eigenvalue weighted by Gasteiger charge is 2.08. The average Bonchev–Trinajstić information content (AvgIpc) is 2.53. The maximum Gasteiger partial charge on any atom is 0.271 e. The Morgan fingerprint density at radius 3 is 2.68 bits per heavy atom. The second kappa shape index (κ2) is 6.22. The van der Waals surface area contributed by atoms with E-state index in [0.29, 0.717) is 21.3 Å². The van der Waals surface area contributed by atoms with Crippen LogP contribution in [0.3, 0.4) is 0 Å². The standard InChI is InChI=1S/C16H11Cl2N3O/c17-12-5-6-15(13(18)8-12)20-21-16(22)11-7-10-3-1-2-4-14(10)19-9-11/h1-9,20H,(H,21,22). The number of anilines is 1. The average molecular weight is 332 g/mol. The van der Waals surface area contributed by atoms with Crippen molar-refractivity contribution in [3.8, 4) is 0 Å². The number of carbonyl (C=O) groups is 1. The van der Waals surface area contributed by atoms with Gasteiger partial charge in [-0.15, -0.1) is 0 Å². The van der Waals surface area contributed by atoms with E-state index in [4.69, 9.17) is 23.2 Å². The summed E-state index contributed by atoms with van der Waals surface area (Å²) in [6.45, 7) is 0. The highest BCUT2D eigenvalue weighted by Crippen LogP contribution is 2.24. The Balaban J connectivity index is 1.75. The summed E-state index contributed by atoms with van der Waals surface area (Å²) in [6.07, 6.45) is 1.53. The molecule has 22 heavy (non-hydrogen) atoms. The van der Waals surface area contributed by atoms with E-state index in [9.17, 15) is 4.79 Å². The molecule has 0 spiro atoms. The Kier molecular flexibility index (Phi) is 4.13. The predicted octanol–water partition coefficient (Wildman–Crippen LogP) is 4.30. The number of hydrazine groups is 1. The Morgan fingerprint density at radius 2 is 1.86 bits per heavy atom. The van der Waals surface area contributed by atoms with Crippen molar-refractivity contribution in [2.75, 3.05) is 5.43 Å². The summed E-state index contributed by atoms with van der Waals surface area (Å²) in [6, 6.07) is 14.3. The van der Waals surface area contributed by atoms with Crippen LogP contribution in [0.2, 0.25) is 10.0 Å². The van der Waals surface area contributed by atoms with Gasteiger partial charge in [0.05, 0.1) is 21.8 Å². The predicted molar refractivity (Wildman–Crippen MR) is 89.3 cm³/mol. The number of amides is 1. The van der Waals surface area contributed by atoms with Crippen LogP contribution in [-0.2, 0) is 0 Å². The highest BCUT2D eigenvalue weighted by molar-refractivity contribution is 6.36. The van der Waals surface area contributed by atoms with Gasteiger partial charge < -0.3 is 0 Å². The fourth-order valence-electron chi connectivity index (χ4n) is 1.98. The van der Waals surface area contributed by atoms with Crippen LogP contribution < -0.4 is 10.9 Å². The van der Waals surface area contributed by atoms with E-state index in [0.717, 1.165) is 10.9 Å². The van der Waals surface area contributed by atoms with E-state index < -0.39 is 0 Å². The number of benzene rings is 2. The minimum absolute atomic E-state index is 0.302. The van der Waals surface area contributed by atoms with Crippen molar-refractivity contribution in [1.29, 1.82) is 0 Å². The van der Waals surface area contributed by atoms with Gasteiger partial charge in [-0.1, -0.05) is 41.4 Å². The number of nitrogens with one attached hydrogen (secondary N) is 2. The van der Waals surface area contributed by atoms with E-state index in [1.165, 1.54) is 6.20 Å². The molecule has 0 aliphatic rings. The molecule has 1 heterocycles. The molecular weight excluding hydrogens is 321 g/mol. The number of aromatic nitrogens is 1. The van der Waals surface area contributed by atoms with Gasteiger partial charge in [0.1, 0.15) is 0 Å². The van der Waals surface area contributed by atoms with Crippen LogP contribution in [-0.4, -0.2) is 10.9 Å². The molecule has 3 aromatic rings. The van der Waals surface area contributed by atoms with E-state index in [1.54, 1.807) is 24.3 Å². The van der Waals surface area contributed by atoms with Crippen LogP contribution in [0.4, 0.5) is 5.69 Å². The second-order valence-corrected chi connectivity index (χ2v) is 5.46. The smallest absolute Gasteiger partial charge is 0.271 e. The van der Waals surface area contributed by atoms with Gasteiger partial charge in [-0.05, 0) is 30.3 Å². The van der Waals surface area contributed by atoms with Crippen LogP contribution in [0.5, 0.6) is 0 Å². The topological polar surface area (TPSA) is 54.0 Å². The van der Waals surface area contributed by atoms with Crippen LogP contribution in [0.1, 0.15) is 10.4 Å². The molecule has 0 saturated heterocycles. The number of rotatable bonds is 3. The summed E-state index contributed by atoms with van der Waals surface area (Å²) in [4.78, 5) is 16.4. The van der Waals surface area contributed by atoms with Crippen LogP contribution in [0.25, 0.3) is 10.9 Å². The number of fused-ring (bicyclic) bond motifs is 1. The van der Waals surface area contributed by atoms with Gasteiger partial charge in [0, 0.05) is 16.6 Å². The number of halogens is 2. The van der Waals surface area contributed by atoms with E-state index in [-0.39, 0.29) is 5.91 Å². The number of para-hydroxylation sites is 1. The normalized spacial score (nSPS) is 10.5. The number of carbonyl (C=O) groups excluding carboxylic acids is 1. The molecule has 3 rings (SSSR count). The zero-order valence-electron chi connectivity index (χ0n) is 11.3. The van der Waals surface area contributed by atoms with Gasteiger partial charge in [-0.25, -0.2) is 0 Å². The van der Waals surface area contributed by atoms with Crippen molar-refractivity contribution in [2.45, 2.75) is 0 Å². The lowest BCUT2D eigenvalue weighted by Crippen LogP contribution is -2.29. The van der Waals surface area contributed by atoms with E-state index in [2.05, 4.69) is 15.8 Å². The summed E-state index contributed by atoms with van der Waals surface area (Å²) in [5.41, 5.74) is 7.21. The van der Waals surface area contributed by atoms with Crippen molar-refractivity contribution in [3.63, 3.8) is 0 Å². The largest absolute Gasteiger partial charge is 0.297 e. The number of hydrogen-bond donors (Lipinski definition) is 2. The molecule has 6 heteroatoms. The Hall–Kier alpha value is -2.30. The van der Waals surface area contributed by atoms with Crippen LogP contribution in [0, 0.1) is 0 Å². The molecule has 0 fully saturated rings. The molecule has 1 aromatic heterocycles. The lowest BCUT2D eigenvalue weighted by atomic mass is 10.1. The summed E-state index contributed by atoms with van der Waals surface area (Å²) in [5.74, 6) is -0.302. The summed E-state index contributed by atoms with van der Waals surface area (Å²) < 4.78 is 0. The molecule has 2 N–H and O–H groups in total. The summed E-state index contributed by atoms with van der Waals surface area (Å²) >= 11 is 11.8. The first-order valence-corrected chi connectivity index (χ1v) is 7.25. The first-order chi connectivity index (χ1) is 10.6. The molecule has 0 bridgehead atoms. The third-order valence-corrected chi connectivity index (χ3v) is 3.64. The molecule has 0 atom stereocenters. The summed E-state index contributed by atoms with van der Waals surface area (Å²) in [5, 5.41) is 1.85. The zero-order chi connectivity index (χ0) is 15.5. The van der Waals surface area contributed by atoms with Gasteiger partial charge >= 0.3 is 0 Å². The summed E-state index contributed by atoms with van der Waals surface area (Å²) in [7, 11) is 0. The van der Waals surface area contributed by atoms with E-state index in [1.807, 2.05) is 24.3 Å².